The molecule has 2 N–H and O–H groups in total. The van der Waals surface area contributed by atoms with Crippen LogP contribution in [0.15, 0.2) is 71.7 Å². The highest BCUT2D eigenvalue weighted by Crippen LogP contribution is 2.36. The molecule has 3 amide bonds. The Morgan fingerprint density at radius 1 is 1.06 bits per heavy atom. The zero-order valence-corrected chi connectivity index (χ0v) is 19.3. The van der Waals surface area contributed by atoms with Crippen LogP contribution >= 0.6 is 0 Å². The third kappa shape index (κ3) is 4.55. The average Bonchev–Trinajstić information content (AvgIpc) is 2.81. The molecule has 7 heteroatoms. The average molecular weight is 458 g/mol. The molecule has 2 aromatic carbocycles. The van der Waals surface area contributed by atoms with Crippen molar-refractivity contribution in [1.29, 1.82) is 0 Å². The molecule has 174 valence electrons. The molecule has 0 aliphatic carbocycles. The highest BCUT2D eigenvalue weighted by atomic mass is 16.2. The van der Waals surface area contributed by atoms with Crippen molar-refractivity contribution in [2.24, 2.45) is 0 Å². The number of nitrogens with one attached hydrogen (secondary N) is 2. The molecule has 0 saturated carbocycles. The number of hydrogen-bond acceptors (Lipinski definition) is 4. The molecule has 3 aromatic rings. The van der Waals surface area contributed by atoms with Crippen molar-refractivity contribution in [3.8, 4) is 0 Å². The van der Waals surface area contributed by atoms with Gasteiger partial charge in [-0.15, -0.1) is 0 Å². The van der Waals surface area contributed by atoms with Crippen LogP contribution in [-0.2, 0) is 21.5 Å². The van der Waals surface area contributed by atoms with E-state index in [2.05, 4.69) is 10.6 Å². The molecule has 4 rings (SSSR count). The lowest BCUT2D eigenvalue weighted by Crippen LogP contribution is -2.51. The first-order chi connectivity index (χ1) is 16.3. The number of aromatic nitrogens is 1. The van der Waals surface area contributed by atoms with Gasteiger partial charge in [-0.05, 0) is 55.2 Å². The number of rotatable bonds is 6. The lowest BCUT2D eigenvalue weighted by molar-refractivity contribution is -0.138. The fraction of sp³-hybridized carbons (Fsp3) is 0.259. The fourth-order valence-corrected chi connectivity index (χ4v) is 4.48. The fourth-order valence-electron chi connectivity index (χ4n) is 4.48. The van der Waals surface area contributed by atoms with E-state index in [1.54, 1.807) is 36.5 Å². The van der Waals surface area contributed by atoms with Gasteiger partial charge in [0.2, 0.25) is 11.8 Å². The van der Waals surface area contributed by atoms with Crippen LogP contribution in [0, 0.1) is 6.92 Å². The maximum atomic E-state index is 12.9. The number of benzene rings is 2. The summed E-state index contributed by atoms with van der Waals surface area (Å²) in [5.74, 6) is -1.04. The number of imide groups is 1. The zero-order valence-electron chi connectivity index (χ0n) is 19.3. The molecule has 1 aliphatic heterocycles. The molecule has 1 aromatic heterocycles. The Kier molecular flexibility index (Phi) is 6.45. The Balaban J connectivity index is 1.52. The van der Waals surface area contributed by atoms with Crippen molar-refractivity contribution in [2.75, 3.05) is 5.32 Å². The molecule has 0 radical (unpaired) electrons. The van der Waals surface area contributed by atoms with Gasteiger partial charge in [-0.1, -0.05) is 48.9 Å². The van der Waals surface area contributed by atoms with Crippen molar-refractivity contribution < 1.29 is 14.4 Å². The summed E-state index contributed by atoms with van der Waals surface area (Å²) in [7, 11) is 0. The van der Waals surface area contributed by atoms with Crippen LogP contribution in [0.2, 0.25) is 0 Å². The highest BCUT2D eigenvalue weighted by Gasteiger charge is 2.42. The molecule has 1 aliphatic rings. The second-order valence-electron chi connectivity index (χ2n) is 8.69. The van der Waals surface area contributed by atoms with Gasteiger partial charge in [0.15, 0.2) is 0 Å². The molecule has 2 heterocycles. The first kappa shape index (κ1) is 23.2. The Morgan fingerprint density at radius 3 is 2.50 bits per heavy atom. The SMILES string of the molecule is CCC1(c2ccc(NC(=O)c3cccn(Cc4cccc(C)c4)c3=O)cc2)CCC(=O)NC1=O. The van der Waals surface area contributed by atoms with Crippen LogP contribution in [0.25, 0.3) is 0 Å². The molecule has 34 heavy (non-hydrogen) atoms. The van der Waals surface area contributed by atoms with Gasteiger partial charge in [0.05, 0.1) is 12.0 Å². The predicted octanol–water partition coefficient (Wildman–Crippen LogP) is 3.54. The Morgan fingerprint density at radius 2 is 1.82 bits per heavy atom. The lowest BCUT2D eigenvalue weighted by Gasteiger charge is -2.35. The summed E-state index contributed by atoms with van der Waals surface area (Å²) in [4.78, 5) is 50.0. The summed E-state index contributed by atoms with van der Waals surface area (Å²) in [6.45, 7) is 4.28. The van der Waals surface area contributed by atoms with Crippen molar-refractivity contribution in [1.82, 2.24) is 9.88 Å². The first-order valence-corrected chi connectivity index (χ1v) is 11.3. The maximum Gasteiger partial charge on any atom is 0.263 e. The topological polar surface area (TPSA) is 97.3 Å². The van der Waals surface area contributed by atoms with Crippen LogP contribution in [0.5, 0.6) is 0 Å². The van der Waals surface area contributed by atoms with E-state index in [-0.39, 0.29) is 22.9 Å². The van der Waals surface area contributed by atoms with E-state index in [1.807, 2.05) is 38.1 Å². The quantitative estimate of drug-likeness (QED) is 0.553. The van der Waals surface area contributed by atoms with Gasteiger partial charge in [-0.2, -0.15) is 0 Å². The number of hydrogen-bond donors (Lipinski definition) is 2. The predicted molar refractivity (Wildman–Crippen MR) is 130 cm³/mol. The van der Waals surface area contributed by atoms with Crippen molar-refractivity contribution in [3.63, 3.8) is 0 Å². The standard InChI is InChI=1S/C27H27N3O4/c1-3-27(14-13-23(31)29-26(27)34)20-9-11-21(12-10-20)28-24(32)22-8-5-15-30(25(22)33)17-19-7-4-6-18(2)16-19/h4-12,15-16H,3,13-14,17H2,1-2H3,(H,28,32)(H,29,31,34). The van der Waals surface area contributed by atoms with E-state index in [1.165, 1.54) is 10.6 Å². The molecule has 0 spiro atoms. The molecular formula is C27H27N3O4. The third-order valence-corrected chi connectivity index (χ3v) is 6.47. The second-order valence-corrected chi connectivity index (χ2v) is 8.69. The van der Waals surface area contributed by atoms with Crippen LogP contribution in [0.1, 0.15) is 53.2 Å². The van der Waals surface area contributed by atoms with Gasteiger partial charge in [-0.25, -0.2) is 0 Å². The number of piperidine rings is 1. The van der Waals surface area contributed by atoms with Crippen LogP contribution in [0.3, 0.4) is 0 Å². The Bertz CT molecular complexity index is 1310. The summed E-state index contributed by atoms with van der Waals surface area (Å²) in [6.07, 6.45) is 2.97. The maximum absolute atomic E-state index is 12.9. The molecule has 0 bridgehead atoms. The minimum atomic E-state index is -0.764. The van der Waals surface area contributed by atoms with Crippen LogP contribution in [-0.4, -0.2) is 22.3 Å². The Labute approximate surface area is 197 Å². The smallest absolute Gasteiger partial charge is 0.263 e. The minimum Gasteiger partial charge on any atom is -0.322 e. The molecule has 7 nitrogen and oxygen atoms in total. The summed E-state index contributed by atoms with van der Waals surface area (Å²) in [6, 6.07) is 18.1. The van der Waals surface area contributed by atoms with E-state index in [0.717, 1.165) is 16.7 Å². The van der Waals surface area contributed by atoms with Crippen LogP contribution in [0.4, 0.5) is 5.69 Å². The van der Waals surface area contributed by atoms with Crippen LogP contribution < -0.4 is 16.2 Å². The first-order valence-electron chi connectivity index (χ1n) is 11.3. The van der Waals surface area contributed by atoms with E-state index in [9.17, 15) is 19.2 Å². The van der Waals surface area contributed by atoms with Gasteiger partial charge >= 0.3 is 0 Å². The van der Waals surface area contributed by atoms with Gasteiger partial charge in [-0.3, -0.25) is 24.5 Å². The van der Waals surface area contributed by atoms with Crippen molar-refractivity contribution in [2.45, 2.75) is 45.1 Å². The number of carbonyl (C=O) groups excluding carboxylic acids is 3. The van der Waals surface area contributed by atoms with E-state index >= 15 is 0 Å². The number of pyridine rings is 1. The summed E-state index contributed by atoms with van der Waals surface area (Å²) in [5, 5.41) is 5.21. The van der Waals surface area contributed by atoms with Crippen molar-refractivity contribution in [3.05, 3.63) is 99.5 Å². The third-order valence-electron chi connectivity index (χ3n) is 6.47. The lowest BCUT2D eigenvalue weighted by atomic mass is 9.72. The van der Waals surface area contributed by atoms with E-state index in [4.69, 9.17) is 0 Å². The number of amides is 3. The monoisotopic (exact) mass is 457 g/mol. The summed E-state index contributed by atoms with van der Waals surface area (Å²) < 4.78 is 1.51. The Hall–Kier alpha value is -4.00. The normalized spacial score (nSPS) is 17.8. The van der Waals surface area contributed by atoms with E-state index in [0.29, 0.717) is 31.5 Å². The number of nitrogens with zero attached hydrogens (tertiary/aromatic N) is 1. The molecular weight excluding hydrogens is 430 g/mol. The molecule has 1 unspecified atom stereocenters. The zero-order chi connectivity index (χ0) is 24.3. The van der Waals surface area contributed by atoms with Gasteiger partial charge < -0.3 is 9.88 Å². The summed E-state index contributed by atoms with van der Waals surface area (Å²) >= 11 is 0. The number of aryl methyl sites for hydroxylation is 1. The van der Waals surface area contributed by atoms with Crippen molar-refractivity contribution >= 4 is 23.4 Å². The van der Waals surface area contributed by atoms with Gasteiger partial charge in [0.1, 0.15) is 5.56 Å². The molecule has 1 atom stereocenters. The van der Waals surface area contributed by atoms with Gasteiger partial charge in [0, 0.05) is 18.3 Å². The largest absolute Gasteiger partial charge is 0.322 e. The highest BCUT2D eigenvalue weighted by molar-refractivity contribution is 6.05. The molecule has 1 saturated heterocycles. The second kappa shape index (κ2) is 9.47. The minimum absolute atomic E-state index is 0.0504. The van der Waals surface area contributed by atoms with E-state index < -0.39 is 11.3 Å². The van der Waals surface area contributed by atoms with Gasteiger partial charge in [0.25, 0.3) is 11.5 Å². The number of anilines is 1. The summed E-state index contributed by atoms with van der Waals surface area (Å²) in [5.41, 5.74) is 2.30. The number of carbonyl (C=O) groups is 3. The molecule has 1 fully saturated rings.